The van der Waals surface area contributed by atoms with Crippen molar-refractivity contribution in [1.29, 1.82) is 0 Å². The molecule has 0 saturated carbocycles. The van der Waals surface area contributed by atoms with Crippen molar-refractivity contribution in [2.75, 3.05) is 12.3 Å². The summed E-state index contributed by atoms with van der Waals surface area (Å²) in [6.45, 7) is 6.69. The SMILES string of the molecule is CC(C)(C)c1cccc(OCC(O)c2cccc(N)c2)c1. The molecule has 2 rings (SSSR count). The molecule has 0 fully saturated rings. The molecule has 0 amide bonds. The molecule has 0 aliphatic heterocycles. The maximum Gasteiger partial charge on any atom is 0.119 e. The zero-order chi connectivity index (χ0) is 15.5. The van der Waals surface area contributed by atoms with Crippen LogP contribution in [0.1, 0.15) is 38.0 Å². The minimum absolute atomic E-state index is 0.0753. The van der Waals surface area contributed by atoms with Gasteiger partial charge in [-0.1, -0.05) is 45.0 Å². The van der Waals surface area contributed by atoms with Crippen LogP contribution >= 0.6 is 0 Å². The summed E-state index contributed by atoms with van der Waals surface area (Å²) >= 11 is 0. The van der Waals surface area contributed by atoms with Gasteiger partial charge in [0.1, 0.15) is 18.5 Å². The zero-order valence-corrected chi connectivity index (χ0v) is 12.8. The van der Waals surface area contributed by atoms with E-state index < -0.39 is 6.10 Å². The van der Waals surface area contributed by atoms with E-state index in [2.05, 4.69) is 26.8 Å². The van der Waals surface area contributed by atoms with Gasteiger partial charge in [0.15, 0.2) is 0 Å². The Morgan fingerprint density at radius 3 is 2.48 bits per heavy atom. The number of benzene rings is 2. The molecule has 0 bridgehead atoms. The second-order valence-electron chi connectivity index (χ2n) is 6.27. The van der Waals surface area contributed by atoms with Crippen LogP contribution in [0.3, 0.4) is 0 Å². The van der Waals surface area contributed by atoms with Crippen molar-refractivity contribution in [1.82, 2.24) is 0 Å². The fraction of sp³-hybridized carbons (Fsp3) is 0.333. The van der Waals surface area contributed by atoms with Crippen LogP contribution < -0.4 is 10.5 Å². The quantitative estimate of drug-likeness (QED) is 0.843. The molecule has 2 aromatic carbocycles. The molecule has 2 aromatic rings. The van der Waals surface area contributed by atoms with Gasteiger partial charge in [-0.25, -0.2) is 0 Å². The van der Waals surface area contributed by atoms with Crippen molar-refractivity contribution in [3.63, 3.8) is 0 Å². The highest BCUT2D eigenvalue weighted by Gasteiger charge is 2.14. The molecule has 0 aromatic heterocycles. The first-order valence-electron chi connectivity index (χ1n) is 7.13. The van der Waals surface area contributed by atoms with Crippen molar-refractivity contribution >= 4 is 5.69 Å². The highest BCUT2D eigenvalue weighted by Crippen LogP contribution is 2.26. The van der Waals surface area contributed by atoms with E-state index in [0.717, 1.165) is 11.3 Å². The van der Waals surface area contributed by atoms with Gasteiger partial charge in [0.2, 0.25) is 0 Å². The average molecular weight is 285 g/mol. The predicted molar refractivity (Wildman–Crippen MR) is 86.5 cm³/mol. The summed E-state index contributed by atoms with van der Waals surface area (Å²) in [5, 5.41) is 10.2. The van der Waals surface area contributed by atoms with Crippen LogP contribution in [0.5, 0.6) is 5.75 Å². The van der Waals surface area contributed by atoms with Gasteiger partial charge in [-0.2, -0.15) is 0 Å². The molecule has 112 valence electrons. The minimum Gasteiger partial charge on any atom is -0.491 e. The normalized spacial score (nSPS) is 13.0. The van der Waals surface area contributed by atoms with E-state index in [0.29, 0.717) is 5.69 Å². The van der Waals surface area contributed by atoms with E-state index >= 15 is 0 Å². The average Bonchev–Trinajstić information content (AvgIpc) is 2.44. The van der Waals surface area contributed by atoms with Gasteiger partial charge < -0.3 is 15.6 Å². The number of nitrogens with two attached hydrogens (primary N) is 1. The van der Waals surface area contributed by atoms with Crippen LogP contribution in [0, 0.1) is 0 Å². The molecule has 0 aliphatic rings. The minimum atomic E-state index is -0.688. The summed E-state index contributed by atoms with van der Waals surface area (Å²) in [5.41, 5.74) is 8.41. The summed E-state index contributed by atoms with van der Waals surface area (Å²) in [4.78, 5) is 0. The van der Waals surface area contributed by atoms with Crippen molar-refractivity contribution in [2.24, 2.45) is 0 Å². The largest absolute Gasteiger partial charge is 0.491 e. The fourth-order valence-corrected chi connectivity index (χ4v) is 2.09. The molecule has 3 N–H and O–H groups in total. The van der Waals surface area contributed by atoms with E-state index in [1.54, 1.807) is 12.1 Å². The number of ether oxygens (including phenoxy) is 1. The molecule has 1 unspecified atom stereocenters. The Labute approximate surface area is 126 Å². The van der Waals surface area contributed by atoms with Crippen molar-refractivity contribution in [3.05, 3.63) is 59.7 Å². The standard InChI is InChI=1S/C18H23NO2/c1-18(2,3)14-7-5-9-16(11-14)21-12-17(20)13-6-4-8-15(19)10-13/h4-11,17,20H,12,19H2,1-3H3. The Balaban J connectivity index is 2.03. The Morgan fingerprint density at radius 1 is 1.10 bits per heavy atom. The maximum atomic E-state index is 10.2. The van der Waals surface area contributed by atoms with Gasteiger partial charge >= 0.3 is 0 Å². The molecule has 1 atom stereocenters. The van der Waals surface area contributed by atoms with E-state index in [-0.39, 0.29) is 12.0 Å². The second kappa shape index (κ2) is 6.19. The summed E-state index contributed by atoms with van der Waals surface area (Å²) in [7, 11) is 0. The first-order valence-corrected chi connectivity index (χ1v) is 7.13. The van der Waals surface area contributed by atoms with Crippen LogP contribution in [-0.4, -0.2) is 11.7 Å². The van der Waals surface area contributed by atoms with E-state index in [9.17, 15) is 5.11 Å². The lowest BCUT2D eigenvalue weighted by atomic mass is 9.87. The number of nitrogen functional groups attached to an aromatic ring is 1. The lowest BCUT2D eigenvalue weighted by Crippen LogP contribution is -2.13. The molecular weight excluding hydrogens is 262 g/mol. The maximum absolute atomic E-state index is 10.2. The smallest absolute Gasteiger partial charge is 0.119 e. The first-order chi connectivity index (χ1) is 9.86. The second-order valence-corrected chi connectivity index (χ2v) is 6.27. The zero-order valence-electron chi connectivity index (χ0n) is 12.8. The molecular formula is C18H23NO2. The topological polar surface area (TPSA) is 55.5 Å². The molecule has 0 radical (unpaired) electrons. The number of anilines is 1. The third-order valence-electron chi connectivity index (χ3n) is 3.40. The molecule has 0 heterocycles. The molecule has 3 heteroatoms. The molecule has 0 spiro atoms. The van der Waals surface area contributed by atoms with Crippen molar-refractivity contribution in [3.8, 4) is 5.75 Å². The van der Waals surface area contributed by atoms with Gasteiger partial charge in [-0.15, -0.1) is 0 Å². The van der Waals surface area contributed by atoms with Crippen LogP contribution in [0.25, 0.3) is 0 Å². The summed E-state index contributed by atoms with van der Waals surface area (Å²) in [6, 6.07) is 15.2. The lowest BCUT2D eigenvalue weighted by Gasteiger charge is -2.20. The van der Waals surface area contributed by atoms with Crippen molar-refractivity contribution < 1.29 is 9.84 Å². The van der Waals surface area contributed by atoms with Gasteiger partial charge in [0.05, 0.1) is 0 Å². The Morgan fingerprint density at radius 2 is 1.81 bits per heavy atom. The highest BCUT2D eigenvalue weighted by molar-refractivity contribution is 5.41. The Bertz CT molecular complexity index is 602. The van der Waals surface area contributed by atoms with Crippen LogP contribution in [0.15, 0.2) is 48.5 Å². The van der Waals surface area contributed by atoms with Crippen LogP contribution in [0.4, 0.5) is 5.69 Å². The van der Waals surface area contributed by atoms with E-state index in [1.807, 2.05) is 30.3 Å². The van der Waals surface area contributed by atoms with Crippen molar-refractivity contribution in [2.45, 2.75) is 32.3 Å². The molecule has 0 aliphatic carbocycles. The highest BCUT2D eigenvalue weighted by atomic mass is 16.5. The number of hydrogen-bond donors (Lipinski definition) is 2. The third kappa shape index (κ3) is 4.23. The Kier molecular flexibility index (Phi) is 4.53. The lowest BCUT2D eigenvalue weighted by molar-refractivity contribution is 0.108. The number of aliphatic hydroxyl groups excluding tert-OH is 1. The number of hydrogen-bond acceptors (Lipinski definition) is 3. The monoisotopic (exact) mass is 285 g/mol. The van der Waals surface area contributed by atoms with Crippen LogP contribution in [-0.2, 0) is 5.41 Å². The van der Waals surface area contributed by atoms with E-state index in [4.69, 9.17) is 10.5 Å². The van der Waals surface area contributed by atoms with E-state index in [1.165, 1.54) is 5.56 Å². The molecule has 0 saturated heterocycles. The molecule has 21 heavy (non-hydrogen) atoms. The fourth-order valence-electron chi connectivity index (χ4n) is 2.09. The predicted octanol–water partition coefficient (Wildman–Crippen LogP) is 3.68. The van der Waals surface area contributed by atoms with Gasteiger partial charge in [-0.3, -0.25) is 0 Å². The van der Waals surface area contributed by atoms with Gasteiger partial charge in [0, 0.05) is 5.69 Å². The number of aliphatic hydroxyl groups is 1. The summed E-state index contributed by atoms with van der Waals surface area (Å²) in [6.07, 6.45) is -0.688. The first kappa shape index (κ1) is 15.4. The summed E-state index contributed by atoms with van der Waals surface area (Å²) < 4.78 is 5.71. The number of rotatable bonds is 4. The summed E-state index contributed by atoms with van der Waals surface area (Å²) in [5.74, 6) is 0.769. The van der Waals surface area contributed by atoms with Crippen LogP contribution in [0.2, 0.25) is 0 Å². The van der Waals surface area contributed by atoms with Gasteiger partial charge in [0.25, 0.3) is 0 Å². The molecule has 3 nitrogen and oxygen atoms in total. The van der Waals surface area contributed by atoms with Gasteiger partial charge in [-0.05, 0) is 40.8 Å². The third-order valence-corrected chi connectivity index (χ3v) is 3.40. The Hall–Kier alpha value is -2.00.